The first-order chi connectivity index (χ1) is 11.5. The summed E-state index contributed by atoms with van der Waals surface area (Å²) in [5.41, 5.74) is 6.59. The summed E-state index contributed by atoms with van der Waals surface area (Å²) in [5, 5.41) is 0.988. The van der Waals surface area contributed by atoms with Crippen LogP contribution >= 0.6 is 12.4 Å². The zero-order chi connectivity index (χ0) is 17.4. The Balaban J connectivity index is 0.00000312. The molecule has 1 aromatic heterocycles. The Kier molecular flexibility index (Phi) is 9.27. The molecule has 0 radical (unpaired) electrons. The lowest BCUT2D eigenvalue weighted by molar-refractivity contribution is 0.372. The smallest absolute Gasteiger partial charge is 0.246 e. The van der Waals surface area contributed by atoms with Gasteiger partial charge in [0.1, 0.15) is 5.75 Å². The molecule has 0 aliphatic carbocycles. The third-order valence-corrected chi connectivity index (χ3v) is 5.12. The van der Waals surface area contributed by atoms with Crippen LogP contribution in [-0.4, -0.2) is 32.4 Å². The first-order valence-electron chi connectivity index (χ1n) is 8.41. The summed E-state index contributed by atoms with van der Waals surface area (Å²) < 4.78 is 32.1. The molecule has 6 nitrogen and oxygen atoms in total. The van der Waals surface area contributed by atoms with Gasteiger partial charge >= 0.3 is 0 Å². The molecule has 25 heavy (non-hydrogen) atoms. The van der Waals surface area contributed by atoms with Gasteiger partial charge in [0.05, 0.1) is 0 Å². The van der Waals surface area contributed by atoms with Crippen molar-refractivity contribution >= 4 is 33.3 Å². The van der Waals surface area contributed by atoms with Crippen molar-refractivity contribution in [3.8, 4) is 5.75 Å². The molecular formula is C17H28ClN3O3S. The predicted molar refractivity (Wildman–Crippen MR) is 105 cm³/mol. The fourth-order valence-corrected chi connectivity index (χ4v) is 3.61. The van der Waals surface area contributed by atoms with E-state index in [1.165, 1.54) is 0 Å². The molecular weight excluding hydrogens is 362 g/mol. The molecule has 1 atom stereocenters. The van der Waals surface area contributed by atoms with Crippen molar-refractivity contribution < 1.29 is 13.2 Å². The lowest BCUT2D eigenvalue weighted by Gasteiger charge is -2.15. The van der Waals surface area contributed by atoms with Gasteiger partial charge in [-0.15, -0.1) is 12.4 Å². The molecule has 8 heteroatoms. The maximum absolute atomic E-state index is 12.0. The molecule has 0 saturated carbocycles. The Morgan fingerprint density at radius 1 is 1.24 bits per heavy atom. The van der Waals surface area contributed by atoms with Crippen molar-refractivity contribution in [1.29, 1.82) is 0 Å². The molecule has 142 valence electrons. The number of halogens is 1. The molecule has 1 unspecified atom stereocenters. The first-order valence-corrected chi connectivity index (χ1v) is 10.1. The quantitative estimate of drug-likeness (QED) is 0.550. The van der Waals surface area contributed by atoms with E-state index in [2.05, 4.69) is 16.6 Å². The van der Waals surface area contributed by atoms with Gasteiger partial charge < -0.3 is 15.5 Å². The number of fused-ring (bicyclic) bond motifs is 1. The Morgan fingerprint density at radius 2 is 2.04 bits per heavy atom. The van der Waals surface area contributed by atoms with Crippen molar-refractivity contribution in [3.05, 3.63) is 30.5 Å². The average molecular weight is 390 g/mol. The van der Waals surface area contributed by atoms with Crippen molar-refractivity contribution in [2.75, 3.05) is 19.0 Å². The third-order valence-electron chi connectivity index (χ3n) is 4.05. The van der Waals surface area contributed by atoms with E-state index in [1.807, 2.05) is 24.4 Å². The van der Waals surface area contributed by atoms with E-state index in [0.29, 0.717) is 24.8 Å². The van der Waals surface area contributed by atoms with Crippen LogP contribution in [-0.2, 0) is 10.0 Å². The van der Waals surface area contributed by atoms with Crippen LogP contribution < -0.4 is 15.2 Å². The van der Waals surface area contributed by atoms with E-state index in [-0.39, 0.29) is 18.3 Å². The molecule has 0 saturated heterocycles. The highest BCUT2D eigenvalue weighted by molar-refractivity contribution is 7.89. The number of aromatic nitrogens is 1. The van der Waals surface area contributed by atoms with Gasteiger partial charge in [0, 0.05) is 23.6 Å². The number of nitrogens with two attached hydrogens (primary N) is 1. The monoisotopic (exact) mass is 389 g/mol. The van der Waals surface area contributed by atoms with Crippen LogP contribution in [0.15, 0.2) is 30.5 Å². The Bertz CT molecular complexity index is 728. The van der Waals surface area contributed by atoms with Gasteiger partial charge in [-0.2, -0.15) is 0 Å². The van der Waals surface area contributed by atoms with Gasteiger partial charge in [-0.25, -0.2) is 13.1 Å². The molecule has 0 aliphatic rings. The summed E-state index contributed by atoms with van der Waals surface area (Å²) in [6.07, 6.45) is 5.73. The second-order valence-electron chi connectivity index (χ2n) is 6.02. The van der Waals surface area contributed by atoms with E-state index in [9.17, 15) is 8.42 Å². The highest BCUT2D eigenvalue weighted by Gasteiger charge is 2.13. The van der Waals surface area contributed by atoms with Crippen LogP contribution in [0, 0.1) is 5.92 Å². The fraction of sp³-hybridized carbons (Fsp3) is 0.529. The zero-order valence-corrected chi connectivity index (χ0v) is 16.2. The van der Waals surface area contributed by atoms with Crippen LogP contribution in [0.3, 0.4) is 0 Å². The number of sulfonamides is 1. The number of aromatic amines is 1. The highest BCUT2D eigenvalue weighted by Crippen LogP contribution is 2.20. The topological polar surface area (TPSA) is 97.2 Å². The minimum Gasteiger partial charge on any atom is -0.476 e. The third kappa shape index (κ3) is 7.23. The average Bonchev–Trinajstić information content (AvgIpc) is 3.01. The van der Waals surface area contributed by atoms with E-state index < -0.39 is 10.0 Å². The number of hydrogen-bond donors (Lipinski definition) is 3. The fourth-order valence-electron chi connectivity index (χ4n) is 2.80. The lowest BCUT2D eigenvalue weighted by Crippen LogP contribution is -2.30. The second-order valence-corrected chi connectivity index (χ2v) is 7.77. The van der Waals surface area contributed by atoms with E-state index >= 15 is 0 Å². The molecule has 4 N–H and O–H groups in total. The van der Waals surface area contributed by atoms with Gasteiger partial charge in [0.15, 0.2) is 0 Å². The SMILES string of the molecule is CCCC(CCN)CCNS(=O)(=O)COc1ccc2[nH]ccc2c1.Cl. The maximum Gasteiger partial charge on any atom is 0.246 e. The highest BCUT2D eigenvalue weighted by atomic mass is 35.5. The summed E-state index contributed by atoms with van der Waals surface area (Å²) in [6, 6.07) is 7.36. The molecule has 0 amide bonds. The Morgan fingerprint density at radius 3 is 2.76 bits per heavy atom. The molecule has 0 aliphatic heterocycles. The van der Waals surface area contributed by atoms with Crippen LogP contribution in [0.25, 0.3) is 10.9 Å². The van der Waals surface area contributed by atoms with Crippen molar-refractivity contribution in [2.24, 2.45) is 11.7 Å². The van der Waals surface area contributed by atoms with Crippen molar-refractivity contribution in [3.63, 3.8) is 0 Å². The largest absolute Gasteiger partial charge is 0.476 e. The van der Waals surface area contributed by atoms with E-state index in [0.717, 1.165) is 36.6 Å². The summed E-state index contributed by atoms with van der Waals surface area (Å²) in [6.45, 7) is 3.19. The molecule has 1 heterocycles. The van der Waals surface area contributed by atoms with Gasteiger partial charge in [0.2, 0.25) is 16.0 Å². The lowest BCUT2D eigenvalue weighted by atomic mass is 9.96. The summed E-state index contributed by atoms with van der Waals surface area (Å²) >= 11 is 0. The Hall–Kier alpha value is -1.28. The van der Waals surface area contributed by atoms with Crippen LogP contribution in [0.5, 0.6) is 5.75 Å². The van der Waals surface area contributed by atoms with Gasteiger partial charge in [-0.1, -0.05) is 19.8 Å². The number of H-pyrrole nitrogens is 1. The number of nitrogens with one attached hydrogen (secondary N) is 2. The van der Waals surface area contributed by atoms with E-state index in [1.54, 1.807) is 6.07 Å². The maximum atomic E-state index is 12.0. The van der Waals surface area contributed by atoms with Gasteiger partial charge in [-0.05, 0) is 49.6 Å². The van der Waals surface area contributed by atoms with E-state index in [4.69, 9.17) is 10.5 Å². The van der Waals surface area contributed by atoms with Gasteiger partial charge in [0.25, 0.3) is 0 Å². The summed E-state index contributed by atoms with van der Waals surface area (Å²) in [7, 11) is -3.46. The molecule has 0 spiro atoms. The van der Waals surface area contributed by atoms with Gasteiger partial charge in [-0.3, -0.25) is 0 Å². The number of rotatable bonds is 11. The summed E-state index contributed by atoms with van der Waals surface area (Å²) in [4.78, 5) is 3.08. The standard InChI is InChI=1S/C17H27N3O3S.ClH/c1-2-3-14(6-9-18)7-11-20-24(21,22)13-23-16-4-5-17-15(12-16)8-10-19-17;/h4-5,8,10,12,14,19-20H,2-3,6-7,9,11,13,18H2,1H3;1H. The number of benzene rings is 1. The van der Waals surface area contributed by atoms with Crippen LogP contribution in [0.4, 0.5) is 0 Å². The molecule has 2 aromatic rings. The molecule has 0 fully saturated rings. The molecule has 2 rings (SSSR count). The van der Waals surface area contributed by atoms with Crippen molar-refractivity contribution in [2.45, 2.75) is 32.6 Å². The molecule has 1 aromatic carbocycles. The molecule has 0 bridgehead atoms. The first kappa shape index (κ1) is 21.8. The summed E-state index contributed by atoms with van der Waals surface area (Å²) in [5.74, 6) is 0.636. The van der Waals surface area contributed by atoms with Crippen molar-refractivity contribution in [1.82, 2.24) is 9.71 Å². The van der Waals surface area contributed by atoms with Crippen LogP contribution in [0.2, 0.25) is 0 Å². The Labute approximate surface area is 156 Å². The zero-order valence-electron chi connectivity index (χ0n) is 14.5. The number of hydrogen-bond acceptors (Lipinski definition) is 4. The minimum absolute atomic E-state index is 0. The second kappa shape index (κ2) is 10.7. The minimum atomic E-state index is -3.46. The normalized spacial score (nSPS) is 12.7. The van der Waals surface area contributed by atoms with Crippen LogP contribution in [0.1, 0.15) is 32.6 Å². The predicted octanol–water partition coefficient (Wildman–Crippen LogP) is 3.00. The number of ether oxygens (including phenoxy) is 1.